The average Bonchev–Trinajstić information content (AvgIpc) is 3.04. The lowest BCUT2D eigenvalue weighted by atomic mass is 9.82. The zero-order valence-electron chi connectivity index (χ0n) is 12.6. The summed E-state index contributed by atoms with van der Waals surface area (Å²) in [6.45, 7) is 1.93. The van der Waals surface area contributed by atoms with Crippen molar-refractivity contribution in [2.75, 3.05) is 6.79 Å². The number of ketones is 2. The van der Waals surface area contributed by atoms with Crippen LogP contribution in [0.5, 0.6) is 11.5 Å². The van der Waals surface area contributed by atoms with E-state index >= 15 is 0 Å². The highest BCUT2D eigenvalue weighted by atomic mass is 16.7. The highest BCUT2D eigenvalue weighted by molar-refractivity contribution is 6.26. The topological polar surface area (TPSA) is 52.6 Å². The first-order valence-electron chi connectivity index (χ1n) is 7.42. The number of carbonyl (C=O) groups is 2. The summed E-state index contributed by atoms with van der Waals surface area (Å²) in [6.07, 6.45) is 0.404. The van der Waals surface area contributed by atoms with Crippen LogP contribution in [0.25, 0.3) is 0 Å². The van der Waals surface area contributed by atoms with Crippen LogP contribution in [0, 0.1) is 0 Å². The van der Waals surface area contributed by atoms with Gasteiger partial charge in [-0.1, -0.05) is 30.3 Å². The highest BCUT2D eigenvalue weighted by Gasteiger charge is 2.29. The molecule has 0 bridgehead atoms. The standard InChI is InChI=1S/C19H14O4/c1-11-15(8-12-6-7-16-17(9-12)23-10-22-16)19(21)14-5-3-2-4-13(14)18(11)20/h2-7,9H,8,10H2,1H3. The van der Waals surface area contributed by atoms with Crippen LogP contribution in [0.1, 0.15) is 33.2 Å². The van der Waals surface area contributed by atoms with Gasteiger partial charge in [0.05, 0.1) is 0 Å². The van der Waals surface area contributed by atoms with E-state index in [1.165, 1.54) is 0 Å². The Morgan fingerprint density at radius 1 is 0.913 bits per heavy atom. The molecule has 0 saturated carbocycles. The summed E-state index contributed by atoms with van der Waals surface area (Å²) in [5.41, 5.74) is 2.96. The van der Waals surface area contributed by atoms with E-state index in [0.29, 0.717) is 40.2 Å². The van der Waals surface area contributed by atoms with Gasteiger partial charge in [-0.15, -0.1) is 0 Å². The van der Waals surface area contributed by atoms with Gasteiger partial charge in [0.1, 0.15) is 0 Å². The molecular weight excluding hydrogens is 292 g/mol. The molecule has 0 fully saturated rings. The number of hydrogen-bond donors (Lipinski definition) is 0. The summed E-state index contributed by atoms with van der Waals surface area (Å²) in [7, 11) is 0. The third kappa shape index (κ3) is 2.14. The monoisotopic (exact) mass is 306 g/mol. The van der Waals surface area contributed by atoms with Crippen LogP contribution in [0.4, 0.5) is 0 Å². The third-order valence-corrected chi connectivity index (χ3v) is 4.30. The molecule has 0 aromatic heterocycles. The smallest absolute Gasteiger partial charge is 0.231 e. The molecule has 2 aromatic carbocycles. The van der Waals surface area contributed by atoms with E-state index in [2.05, 4.69) is 0 Å². The SMILES string of the molecule is CC1=C(Cc2ccc3c(c2)OCO3)C(=O)c2ccccc2C1=O. The van der Waals surface area contributed by atoms with E-state index in [0.717, 1.165) is 5.56 Å². The average molecular weight is 306 g/mol. The molecule has 0 amide bonds. The Morgan fingerprint density at radius 2 is 1.61 bits per heavy atom. The molecule has 23 heavy (non-hydrogen) atoms. The molecule has 4 heteroatoms. The van der Waals surface area contributed by atoms with Gasteiger partial charge in [0.25, 0.3) is 0 Å². The molecule has 2 aromatic rings. The Hall–Kier alpha value is -2.88. The van der Waals surface area contributed by atoms with Crippen LogP contribution in [0.2, 0.25) is 0 Å². The lowest BCUT2D eigenvalue weighted by Crippen LogP contribution is -2.22. The second-order valence-electron chi connectivity index (χ2n) is 5.67. The van der Waals surface area contributed by atoms with Crippen LogP contribution < -0.4 is 9.47 Å². The van der Waals surface area contributed by atoms with Crippen molar-refractivity contribution < 1.29 is 19.1 Å². The second kappa shape index (κ2) is 5.09. The van der Waals surface area contributed by atoms with Crippen LogP contribution in [-0.2, 0) is 6.42 Å². The van der Waals surface area contributed by atoms with E-state index in [9.17, 15) is 9.59 Å². The first-order chi connectivity index (χ1) is 11.1. The first-order valence-corrected chi connectivity index (χ1v) is 7.42. The molecule has 2 aliphatic rings. The Morgan fingerprint density at radius 3 is 2.39 bits per heavy atom. The molecule has 1 aliphatic heterocycles. The molecule has 0 N–H and O–H groups in total. The summed E-state index contributed by atoms with van der Waals surface area (Å²) in [5, 5.41) is 0. The van der Waals surface area contributed by atoms with Crippen molar-refractivity contribution in [2.45, 2.75) is 13.3 Å². The predicted molar refractivity (Wildman–Crippen MR) is 84.1 cm³/mol. The van der Waals surface area contributed by atoms with E-state index in [-0.39, 0.29) is 18.4 Å². The molecule has 0 unspecified atom stereocenters. The molecular formula is C19H14O4. The van der Waals surface area contributed by atoms with E-state index in [1.54, 1.807) is 31.2 Å². The summed E-state index contributed by atoms with van der Waals surface area (Å²) in [4.78, 5) is 25.2. The quantitative estimate of drug-likeness (QED) is 0.854. The minimum atomic E-state index is -0.0737. The van der Waals surface area contributed by atoms with Crippen LogP contribution in [0.15, 0.2) is 53.6 Å². The fourth-order valence-electron chi connectivity index (χ4n) is 3.02. The van der Waals surface area contributed by atoms with Crippen LogP contribution in [-0.4, -0.2) is 18.4 Å². The molecule has 0 radical (unpaired) electrons. The maximum Gasteiger partial charge on any atom is 0.231 e. The first kappa shape index (κ1) is 13.8. The van der Waals surface area contributed by atoms with Crippen molar-refractivity contribution in [2.24, 2.45) is 0 Å². The van der Waals surface area contributed by atoms with E-state index in [4.69, 9.17) is 9.47 Å². The summed E-state index contributed by atoms with van der Waals surface area (Å²) in [5.74, 6) is 1.23. The fourth-order valence-corrected chi connectivity index (χ4v) is 3.02. The summed E-state index contributed by atoms with van der Waals surface area (Å²) in [6, 6.07) is 12.6. The van der Waals surface area contributed by atoms with Gasteiger partial charge in [-0.2, -0.15) is 0 Å². The summed E-state index contributed by atoms with van der Waals surface area (Å²) < 4.78 is 10.7. The molecule has 1 heterocycles. The lowest BCUT2D eigenvalue weighted by molar-refractivity contribution is 0.0973. The maximum absolute atomic E-state index is 12.7. The number of benzene rings is 2. The molecule has 1 aliphatic carbocycles. The molecule has 114 valence electrons. The van der Waals surface area contributed by atoms with Gasteiger partial charge in [-0.3, -0.25) is 9.59 Å². The van der Waals surface area contributed by atoms with Gasteiger partial charge in [0.2, 0.25) is 6.79 Å². The number of carbonyl (C=O) groups excluding carboxylic acids is 2. The zero-order valence-corrected chi connectivity index (χ0v) is 12.6. The normalized spacial score (nSPS) is 15.9. The minimum Gasteiger partial charge on any atom is -0.454 e. The number of allylic oxidation sites excluding steroid dienone is 2. The molecule has 0 saturated heterocycles. The fraction of sp³-hybridized carbons (Fsp3) is 0.158. The Kier molecular flexibility index (Phi) is 3.05. The Balaban J connectivity index is 1.73. The number of ether oxygens (including phenoxy) is 2. The van der Waals surface area contributed by atoms with E-state index < -0.39 is 0 Å². The largest absolute Gasteiger partial charge is 0.454 e. The number of hydrogen-bond acceptors (Lipinski definition) is 4. The van der Waals surface area contributed by atoms with Crippen molar-refractivity contribution in [1.29, 1.82) is 0 Å². The summed E-state index contributed by atoms with van der Waals surface area (Å²) >= 11 is 0. The predicted octanol–water partition coefficient (Wildman–Crippen LogP) is 3.35. The van der Waals surface area contributed by atoms with Gasteiger partial charge in [0, 0.05) is 28.7 Å². The van der Waals surface area contributed by atoms with Crippen molar-refractivity contribution >= 4 is 11.6 Å². The third-order valence-electron chi connectivity index (χ3n) is 4.30. The van der Waals surface area contributed by atoms with Gasteiger partial charge < -0.3 is 9.47 Å². The second-order valence-corrected chi connectivity index (χ2v) is 5.67. The lowest BCUT2D eigenvalue weighted by Gasteiger charge is -2.19. The van der Waals surface area contributed by atoms with Crippen molar-refractivity contribution in [3.05, 3.63) is 70.3 Å². The van der Waals surface area contributed by atoms with Gasteiger partial charge in [0.15, 0.2) is 23.1 Å². The van der Waals surface area contributed by atoms with Crippen LogP contribution >= 0.6 is 0 Å². The molecule has 4 nitrogen and oxygen atoms in total. The maximum atomic E-state index is 12.7. The van der Waals surface area contributed by atoms with Crippen molar-refractivity contribution in [3.8, 4) is 11.5 Å². The van der Waals surface area contributed by atoms with Crippen LogP contribution in [0.3, 0.4) is 0 Å². The molecule has 4 rings (SSSR count). The molecule has 0 spiro atoms. The van der Waals surface area contributed by atoms with E-state index in [1.807, 2.05) is 18.2 Å². The number of rotatable bonds is 2. The zero-order chi connectivity index (χ0) is 16.0. The van der Waals surface area contributed by atoms with Crippen molar-refractivity contribution in [1.82, 2.24) is 0 Å². The van der Waals surface area contributed by atoms with Gasteiger partial charge >= 0.3 is 0 Å². The van der Waals surface area contributed by atoms with Gasteiger partial charge in [-0.25, -0.2) is 0 Å². The number of fused-ring (bicyclic) bond motifs is 2. The van der Waals surface area contributed by atoms with Crippen molar-refractivity contribution in [3.63, 3.8) is 0 Å². The number of Topliss-reactive ketones (excluding diaryl/α,β-unsaturated/α-hetero) is 2. The Bertz CT molecular complexity index is 877. The minimum absolute atomic E-state index is 0.0732. The molecule has 0 atom stereocenters. The highest BCUT2D eigenvalue weighted by Crippen LogP contribution is 2.34. The van der Waals surface area contributed by atoms with Gasteiger partial charge in [-0.05, 0) is 24.6 Å². The Labute approximate surface area is 133 Å².